The van der Waals surface area contributed by atoms with Crippen LogP contribution < -0.4 is 4.74 Å². The van der Waals surface area contributed by atoms with Crippen molar-refractivity contribution >= 4 is 5.91 Å². The molecule has 1 aliphatic heterocycles. The standard InChI is InChI=1S/C19H25N3O3/c1-19(2)14-22(18(23)11-15-9-10-20-21(15)3)12-17(25-19)13-24-16-7-5-4-6-8-16/h4-10,17H,11-14H2,1-3H3/t17-/m0/s1. The van der Waals surface area contributed by atoms with E-state index in [0.717, 1.165) is 11.4 Å². The molecule has 6 nitrogen and oxygen atoms in total. The van der Waals surface area contributed by atoms with Crippen LogP contribution in [0.4, 0.5) is 0 Å². The van der Waals surface area contributed by atoms with Gasteiger partial charge in [0.25, 0.3) is 0 Å². The molecule has 0 saturated carbocycles. The third-order valence-corrected chi connectivity index (χ3v) is 4.27. The fourth-order valence-electron chi connectivity index (χ4n) is 3.12. The van der Waals surface area contributed by atoms with E-state index >= 15 is 0 Å². The molecule has 0 bridgehead atoms. The SMILES string of the molecule is Cn1nccc1CC(=O)N1C[C@@H](COc2ccccc2)OC(C)(C)C1. The summed E-state index contributed by atoms with van der Waals surface area (Å²) in [6.07, 6.45) is 1.90. The van der Waals surface area contributed by atoms with E-state index in [1.807, 2.05) is 62.2 Å². The Morgan fingerprint density at radius 1 is 1.32 bits per heavy atom. The largest absolute Gasteiger partial charge is 0.491 e. The van der Waals surface area contributed by atoms with Gasteiger partial charge < -0.3 is 14.4 Å². The number of aryl methyl sites for hydroxylation is 1. The highest BCUT2D eigenvalue weighted by Gasteiger charge is 2.36. The zero-order valence-electron chi connectivity index (χ0n) is 15.0. The first-order valence-electron chi connectivity index (χ1n) is 8.53. The van der Waals surface area contributed by atoms with Gasteiger partial charge in [0.05, 0.1) is 18.6 Å². The summed E-state index contributed by atoms with van der Waals surface area (Å²) in [5.74, 6) is 0.895. The van der Waals surface area contributed by atoms with E-state index in [4.69, 9.17) is 9.47 Å². The summed E-state index contributed by atoms with van der Waals surface area (Å²) in [4.78, 5) is 14.6. The van der Waals surface area contributed by atoms with Crippen LogP contribution in [0.5, 0.6) is 5.75 Å². The average molecular weight is 343 g/mol. The van der Waals surface area contributed by atoms with Crippen molar-refractivity contribution in [2.75, 3.05) is 19.7 Å². The second kappa shape index (κ2) is 7.27. The molecule has 2 aromatic rings. The summed E-state index contributed by atoms with van der Waals surface area (Å²) < 4.78 is 13.6. The van der Waals surface area contributed by atoms with Gasteiger partial charge >= 0.3 is 0 Å². The number of amides is 1. The van der Waals surface area contributed by atoms with Crippen molar-refractivity contribution in [1.29, 1.82) is 0 Å². The molecule has 1 saturated heterocycles. The normalized spacial score (nSPS) is 19.6. The third kappa shape index (κ3) is 4.60. The number of ether oxygens (including phenoxy) is 2. The summed E-state index contributed by atoms with van der Waals surface area (Å²) >= 11 is 0. The van der Waals surface area contributed by atoms with Crippen molar-refractivity contribution in [3.8, 4) is 5.75 Å². The molecule has 1 amide bonds. The zero-order valence-corrected chi connectivity index (χ0v) is 15.0. The minimum atomic E-state index is -0.398. The molecule has 1 atom stereocenters. The third-order valence-electron chi connectivity index (χ3n) is 4.27. The van der Waals surface area contributed by atoms with Gasteiger partial charge in [-0.05, 0) is 32.0 Å². The van der Waals surface area contributed by atoms with Crippen LogP contribution in [-0.4, -0.2) is 52.0 Å². The first-order valence-corrected chi connectivity index (χ1v) is 8.53. The second-order valence-corrected chi connectivity index (χ2v) is 7.02. The van der Waals surface area contributed by atoms with Crippen LogP contribution in [0.15, 0.2) is 42.6 Å². The fraction of sp³-hybridized carbons (Fsp3) is 0.474. The highest BCUT2D eigenvalue weighted by molar-refractivity contribution is 5.78. The zero-order chi connectivity index (χ0) is 17.9. The van der Waals surface area contributed by atoms with Crippen molar-refractivity contribution in [3.63, 3.8) is 0 Å². The maximum absolute atomic E-state index is 12.7. The Bertz CT molecular complexity index is 712. The number of hydrogen-bond acceptors (Lipinski definition) is 4. The van der Waals surface area contributed by atoms with Crippen LogP contribution in [-0.2, 0) is 23.0 Å². The molecule has 2 heterocycles. The van der Waals surface area contributed by atoms with Gasteiger partial charge in [-0.25, -0.2) is 0 Å². The number of hydrogen-bond donors (Lipinski definition) is 0. The Balaban J connectivity index is 1.62. The minimum Gasteiger partial charge on any atom is -0.491 e. The van der Waals surface area contributed by atoms with E-state index in [1.54, 1.807) is 10.9 Å². The molecule has 0 aliphatic carbocycles. The van der Waals surface area contributed by atoms with Crippen molar-refractivity contribution in [1.82, 2.24) is 14.7 Å². The lowest BCUT2D eigenvalue weighted by molar-refractivity contribution is -0.165. The van der Waals surface area contributed by atoms with Crippen molar-refractivity contribution in [2.24, 2.45) is 7.05 Å². The molecule has 6 heteroatoms. The van der Waals surface area contributed by atoms with Crippen LogP contribution in [0.25, 0.3) is 0 Å². The maximum Gasteiger partial charge on any atom is 0.228 e. The Hall–Kier alpha value is -2.34. The van der Waals surface area contributed by atoms with E-state index in [0.29, 0.717) is 26.1 Å². The van der Waals surface area contributed by atoms with Crippen molar-refractivity contribution < 1.29 is 14.3 Å². The van der Waals surface area contributed by atoms with E-state index < -0.39 is 5.60 Å². The Morgan fingerprint density at radius 2 is 2.08 bits per heavy atom. The number of nitrogens with zero attached hydrogens (tertiary/aromatic N) is 3. The molecule has 134 valence electrons. The molecular weight excluding hydrogens is 318 g/mol. The number of morpholine rings is 1. The van der Waals surface area contributed by atoms with Gasteiger partial charge in [-0.1, -0.05) is 18.2 Å². The molecule has 1 aliphatic rings. The lowest BCUT2D eigenvalue weighted by atomic mass is 10.0. The maximum atomic E-state index is 12.7. The molecule has 1 fully saturated rings. The number of rotatable bonds is 5. The quantitative estimate of drug-likeness (QED) is 0.834. The lowest BCUT2D eigenvalue weighted by Crippen LogP contribution is -2.56. The molecule has 1 aromatic carbocycles. The van der Waals surface area contributed by atoms with E-state index in [1.165, 1.54) is 0 Å². The molecule has 0 radical (unpaired) electrons. The van der Waals surface area contributed by atoms with Gasteiger partial charge in [-0.2, -0.15) is 5.10 Å². The van der Waals surface area contributed by atoms with E-state index in [9.17, 15) is 4.79 Å². The molecule has 0 N–H and O–H groups in total. The lowest BCUT2D eigenvalue weighted by Gasteiger charge is -2.42. The number of para-hydroxylation sites is 1. The molecule has 1 aromatic heterocycles. The monoisotopic (exact) mass is 343 g/mol. The van der Waals surface area contributed by atoms with Gasteiger partial charge in [-0.3, -0.25) is 9.48 Å². The smallest absolute Gasteiger partial charge is 0.228 e. The number of benzene rings is 1. The number of carbonyl (C=O) groups is 1. The second-order valence-electron chi connectivity index (χ2n) is 7.02. The van der Waals surface area contributed by atoms with Crippen LogP contribution in [0.1, 0.15) is 19.5 Å². The molecule has 0 spiro atoms. The highest BCUT2D eigenvalue weighted by Crippen LogP contribution is 2.22. The van der Waals surface area contributed by atoms with Gasteiger partial charge in [0.2, 0.25) is 5.91 Å². The van der Waals surface area contributed by atoms with Gasteiger partial charge in [0.15, 0.2) is 0 Å². The molecule has 3 rings (SSSR count). The molecule has 25 heavy (non-hydrogen) atoms. The highest BCUT2D eigenvalue weighted by atomic mass is 16.5. The summed E-state index contributed by atoms with van der Waals surface area (Å²) in [7, 11) is 1.85. The predicted octanol–water partition coefficient (Wildman–Crippen LogP) is 2.05. The first-order chi connectivity index (χ1) is 11.9. The first kappa shape index (κ1) is 17.5. The number of aromatic nitrogens is 2. The van der Waals surface area contributed by atoms with Crippen molar-refractivity contribution in [3.05, 3.63) is 48.3 Å². The van der Waals surface area contributed by atoms with Crippen LogP contribution >= 0.6 is 0 Å². The summed E-state index contributed by atoms with van der Waals surface area (Å²) in [6, 6.07) is 11.5. The summed E-state index contributed by atoms with van der Waals surface area (Å²) in [5.41, 5.74) is 0.511. The fourth-order valence-corrected chi connectivity index (χ4v) is 3.12. The van der Waals surface area contributed by atoms with E-state index in [-0.39, 0.29) is 12.0 Å². The van der Waals surface area contributed by atoms with Crippen molar-refractivity contribution in [2.45, 2.75) is 32.0 Å². The van der Waals surface area contributed by atoms with Crippen LogP contribution in [0.3, 0.4) is 0 Å². The Labute approximate surface area is 148 Å². The Morgan fingerprint density at radius 3 is 2.76 bits per heavy atom. The van der Waals surface area contributed by atoms with E-state index in [2.05, 4.69) is 5.10 Å². The van der Waals surface area contributed by atoms with Gasteiger partial charge in [-0.15, -0.1) is 0 Å². The van der Waals surface area contributed by atoms with Gasteiger partial charge in [0, 0.05) is 25.5 Å². The Kier molecular flexibility index (Phi) is 5.08. The van der Waals surface area contributed by atoms with Gasteiger partial charge in [0.1, 0.15) is 18.5 Å². The molecule has 0 unspecified atom stereocenters. The molecular formula is C19H25N3O3. The minimum absolute atomic E-state index is 0.0877. The summed E-state index contributed by atoms with van der Waals surface area (Å²) in [6.45, 7) is 5.54. The predicted molar refractivity (Wildman–Crippen MR) is 94.4 cm³/mol. The van der Waals surface area contributed by atoms with Crippen LogP contribution in [0.2, 0.25) is 0 Å². The topological polar surface area (TPSA) is 56.6 Å². The average Bonchev–Trinajstić information content (AvgIpc) is 2.97. The van der Waals surface area contributed by atoms with Crippen LogP contribution in [0, 0.1) is 0 Å². The summed E-state index contributed by atoms with van der Waals surface area (Å²) in [5, 5.41) is 4.12. The number of carbonyl (C=O) groups excluding carboxylic acids is 1.